The Morgan fingerprint density at radius 2 is 2.32 bits per heavy atom. The Morgan fingerprint density at radius 1 is 1.47 bits per heavy atom. The first kappa shape index (κ1) is 13.9. The zero-order valence-corrected chi connectivity index (χ0v) is 11.3. The summed E-state index contributed by atoms with van der Waals surface area (Å²) in [5.41, 5.74) is 0.856. The molecule has 1 atom stereocenters. The first-order valence-electron chi connectivity index (χ1n) is 6.18. The van der Waals surface area contributed by atoms with Crippen LogP contribution in [0.1, 0.15) is 12.1 Å². The van der Waals surface area contributed by atoms with Crippen LogP contribution in [0.4, 0.5) is 0 Å². The number of carbonyl (C=O) groups is 2. The predicted molar refractivity (Wildman–Crippen MR) is 73.0 cm³/mol. The van der Waals surface area contributed by atoms with Gasteiger partial charge in [-0.3, -0.25) is 9.78 Å². The number of carbonyl (C=O) groups excluding carboxylic acids is 1. The predicted octanol–water partition coefficient (Wildman–Crippen LogP) is 1.04. The second-order valence-electron chi connectivity index (χ2n) is 4.34. The molecule has 1 aliphatic rings. The molecule has 2 rings (SSSR count). The quantitative estimate of drug-likeness (QED) is 0.892. The topological polar surface area (TPSA) is 70.5 Å². The van der Waals surface area contributed by atoms with Crippen molar-refractivity contribution in [2.45, 2.75) is 18.9 Å². The fourth-order valence-electron chi connectivity index (χ4n) is 2.03. The molecule has 19 heavy (non-hydrogen) atoms. The molecule has 1 aromatic rings. The van der Waals surface area contributed by atoms with Gasteiger partial charge in [0, 0.05) is 36.4 Å². The number of aliphatic carboxylic acids is 1. The molecule has 1 unspecified atom stereocenters. The van der Waals surface area contributed by atoms with Crippen LogP contribution in [-0.2, 0) is 16.0 Å². The van der Waals surface area contributed by atoms with E-state index in [0.29, 0.717) is 25.1 Å². The molecule has 1 aromatic heterocycles. The van der Waals surface area contributed by atoms with Gasteiger partial charge in [0.05, 0.1) is 0 Å². The number of thioether (sulfide) groups is 1. The van der Waals surface area contributed by atoms with Gasteiger partial charge in [-0.2, -0.15) is 11.8 Å². The van der Waals surface area contributed by atoms with Crippen molar-refractivity contribution in [1.29, 1.82) is 0 Å². The smallest absolute Gasteiger partial charge is 0.327 e. The monoisotopic (exact) mass is 280 g/mol. The zero-order valence-electron chi connectivity index (χ0n) is 10.5. The maximum absolute atomic E-state index is 12.1. The van der Waals surface area contributed by atoms with E-state index < -0.39 is 12.0 Å². The van der Waals surface area contributed by atoms with E-state index in [2.05, 4.69) is 4.98 Å². The van der Waals surface area contributed by atoms with Gasteiger partial charge in [0.2, 0.25) is 5.91 Å². The lowest BCUT2D eigenvalue weighted by Gasteiger charge is -2.32. The SMILES string of the molecule is O=C(O)C1CSCCN1C(=O)CCc1ccccn1. The average Bonchev–Trinajstić information content (AvgIpc) is 2.46. The summed E-state index contributed by atoms with van der Waals surface area (Å²) in [6.45, 7) is 0.517. The van der Waals surface area contributed by atoms with E-state index >= 15 is 0 Å². The first-order chi connectivity index (χ1) is 9.18. The third kappa shape index (κ3) is 3.70. The Labute approximate surface area is 116 Å². The molecule has 0 saturated carbocycles. The van der Waals surface area contributed by atoms with E-state index in [1.807, 2.05) is 18.2 Å². The number of rotatable bonds is 4. The minimum Gasteiger partial charge on any atom is -0.480 e. The lowest BCUT2D eigenvalue weighted by atomic mass is 10.1. The molecule has 1 amide bonds. The van der Waals surface area contributed by atoms with Crippen LogP contribution in [0.25, 0.3) is 0 Å². The van der Waals surface area contributed by atoms with E-state index in [0.717, 1.165) is 11.4 Å². The Hall–Kier alpha value is -1.56. The van der Waals surface area contributed by atoms with Gasteiger partial charge in [0.1, 0.15) is 6.04 Å². The summed E-state index contributed by atoms with van der Waals surface area (Å²) in [7, 11) is 0. The highest BCUT2D eigenvalue weighted by molar-refractivity contribution is 7.99. The molecule has 0 bridgehead atoms. The Kier molecular flexibility index (Phi) is 4.79. The maximum Gasteiger partial charge on any atom is 0.327 e. The molecular formula is C13H16N2O3S. The molecule has 1 saturated heterocycles. The molecular weight excluding hydrogens is 264 g/mol. The zero-order chi connectivity index (χ0) is 13.7. The molecule has 1 fully saturated rings. The van der Waals surface area contributed by atoms with Gasteiger partial charge in [-0.1, -0.05) is 6.07 Å². The van der Waals surface area contributed by atoms with Crippen LogP contribution in [0.5, 0.6) is 0 Å². The number of carboxylic acid groups (broad SMARTS) is 1. The summed E-state index contributed by atoms with van der Waals surface area (Å²) in [5.74, 6) is 0.265. The number of carboxylic acids is 1. The number of nitrogens with zero attached hydrogens (tertiary/aromatic N) is 2. The number of pyridine rings is 1. The van der Waals surface area contributed by atoms with Crippen molar-refractivity contribution in [3.05, 3.63) is 30.1 Å². The third-order valence-electron chi connectivity index (χ3n) is 3.06. The van der Waals surface area contributed by atoms with E-state index in [1.165, 1.54) is 4.90 Å². The van der Waals surface area contributed by atoms with Crippen LogP contribution >= 0.6 is 11.8 Å². The molecule has 6 heteroatoms. The van der Waals surface area contributed by atoms with Crippen molar-refractivity contribution in [3.63, 3.8) is 0 Å². The highest BCUT2D eigenvalue weighted by atomic mass is 32.2. The summed E-state index contributed by atoms with van der Waals surface area (Å²) >= 11 is 1.58. The molecule has 0 spiro atoms. The van der Waals surface area contributed by atoms with Gasteiger partial charge in [-0.15, -0.1) is 0 Å². The lowest BCUT2D eigenvalue weighted by molar-refractivity contribution is -0.149. The second-order valence-corrected chi connectivity index (χ2v) is 5.49. The lowest BCUT2D eigenvalue weighted by Crippen LogP contribution is -2.50. The fraction of sp³-hybridized carbons (Fsp3) is 0.462. The Bertz CT molecular complexity index is 452. The van der Waals surface area contributed by atoms with Crippen molar-refractivity contribution in [2.75, 3.05) is 18.1 Å². The highest BCUT2D eigenvalue weighted by Crippen LogP contribution is 2.18. The summed E-state index contributed by atoms with van der Waals surface area (Å²) in [4.78, 5) is 28.9. The van der Waals surface area contributed by atoms with Crippen molar-refractivity contribution in [3.8, 4) is 0 Å². The minimum absolute atomic E-state index is 0.0987. The number of aryl methyl sites for hydroxylation is 1. The van der Waals surface area contributed by atoms with Crippen LogP contribution in [0, 0.1) is 0 Å². The molecule has 0 aromatic carbocycles. The van der Waals surface area contributed by atoms with E-state index in [4.69, 9.17) is 5.11 Å². The number of amides is 1. The third-order valence-corrected chi connectivity index (χ3v) is 4.08. The van der Waals surface area contributed by atoms with Crippen LogP contribution < -0.4 is 0 Å². The minimum atomic E-state index is -0.918. The maximum atomic E-state index is 12.1. The summed E-state index contributed by atoms with van der Waals surface area (Å²) < 4.78 is 0. The van der Waals surface area contributed by atoms with Crippen LogP contribution in [0.3, 0.4) is 0 Å². The Balaban J connectivity index is 1.93. The van der Waals surface area contributed by atoms with Crippen molar-refractivity contribution < 1.29 is 14.7 Å². The number of hydrogen-bond donors (Lipinski definition) is 1. The van der Waals surface area contributed by atoms with Crippen LogP contribution in [0.15, 0.2) is 24.4 Å². The van der Waals surface area contributed by atoms with E-state index in [9.17, 15) is 9.59 Å². The number of aromatic nitrogens is 1. The van der Waals surface area contributed by atoms with Crippen molar-refractivity contribution in [2.24, 2.45) is 0 Å². The van der Waals surface area contributed by atoms with E-state index in [-0.39, 0.29) is 5.91 Å². The molecule has 0 aliphatic carbocycles. The van der Waals surface area contributed by atoms with Crippen LogP contribution in [-0.4, -0.2) is 51.0 Å². The molecule has 1 N–H and O–H groups in total. The van der Waals surface area contributed by atoms with Gasteiger partial charge in [-0.25, -0.2) is 4.79 Å². The van der Waals surface area contributed by atoms with Crippen LogP contribution in [0.2, 0.25) is 0 Å². The van der Waals surface area contributed by atoms with Gasteiger partial charge >= 0.3 is 5.97 Å². The summed E-state index contributed by atoms with van der Waals surface area (Å²) in [5, 5.41) is 9.12. The fourth-order valence-corrected chi connectivity index (χ4v) is 3.07. The standard InChI is InChI=1S/C13H16N2O3S/c16-12(5-4-10-3-1-2-6-14-10)15-7-8-19-9-11(15)13(17)18/h1-3,6,11H,4-5,7-9H2,(H,17,18). The normalized spacial score (nSPS) is 19.2. The molecule has 102 valence electrons. The largest absolute Gasteiger partial charge is 0.480 e. The van der Waals surface area contributed by atoms with E-state index in [1.54, 1.807) is 18.0 Å². The molecule has 0 radical (unpaired) electrons. The summed E-state index contributed by atoms with van der Waals surface area (Å²) in [6, 6.07) is 4.89. The van der Waals surface area contributed by atoms with Gasteiger partial charge in [0.15, 0.2) is 0 Å². The second kappa shape index (κ2) is 6.56. The molecule has 2 heterocycles. The molecule has 5 nitrogen and oxygen atoms in total. The van der Waals surface area contributed by atoms with Gasteiger partial charge in [0.25, 0.3) is 0 Å². The van der Waals surface area contributed by atoms with Gasteiger partial charge in [-0.05, 0) is 18.6 Å². The van der Waals surface area contributed by atoms with Gasteiger partial charge < -0.3 is 10.0 Å². The average molecular weight is 280 g/mol. The first-order valence-corrected chi connectivity index (χ1v) is 7.34. The molecule has 1 aliphatic heterocycles. The van der Waals surface area contributed by atoms with Crippen molar-refractivity contribution in [1.82, 2.24) is 9.88 Å². The van der Waals surface area contributed by atoms with Crippen molar-refractivity contribution >= 4 is 23.6 Å². The highest BCUT2D eigenvalue weighted by Gasteiger charge is 2.31. The number of hydrogen-bond acceptors (Lipinski definition) is 4. The summed E-state index contributed by atoms with van der Waals surface area (Å²) in [6.07, 6.45) is 2.55. The Morgan fingerprint density at radius 3 is 3.00 bits per heavy atom.